The Morgan fingerprint density at radius 3 is 2.08 bits per heavy atom. The minimum absolute atomic E-state index is 0.126. The molecule has 0 radical (unpaired) electrons. The van der Waals surface area contributed by atoms with Crippen molar-refractivity contribution in [2.24, 2.45) is 0 Å². The van der Waals surface area contributed by atoms with E-state index in [1.54, 1.807) is 0 Å². The van der Waals surface area contributed by atoms with Crippen LogP contribution in [0.15, 0.2) is 30.3 Å². The second-order valence-electron chi connectivity index (χ2n) is 8.64. The Labute approximate surface area is 148 Å². The third-order valence-corrected chi connectivity index (χ3v) is 6.98. The zero-order chi connectivity index (χ0) is 18.1. The summed E-state index contributed by atoms with van der Waals surface area (Å²) >= 11 is 0. The first-order valence-electron chi connectivity index (χ1n) is 9.14. The summed E-state index contributed by atoms with van der Waals surface area (Å²) in [6.45, 7) is 15.3. The van der Waals surface area contributed by atoms with Gasteiger partial charge in [0.25, 0.3) is 5.91 Å². The lowest BCUT2D eigenvalue weighted by Gasteiger charge is -2.34. The molecule has 0 aliphatic carbocycles. The number of nitrogens with zero attached hydrogens (tertiary/aromatic N) is 1. The summed E-state index contributed by atoms with van der Waals surface area (Å²) in [5.74, 6) is 0.191. The molecule has 0 bridgehead atoms. The van der Waals surface area contributed by atoms with Crippen LogP contribution in [-0.4, -0.2) is 42.3 Å². The van der Waals surface area contributed by atoms with Crippen LogP contribution in [0.2, 0.25) is 19.6 Å². The van der Waals surface area contributed by atoms with E-state index in [4.69, 9.17) is 4.74 Å². The molecule has 1 aliphatic rings. The molecular weight excluding hydrogens is 314 g/mol. The highest BCUT2D eigenvalue weighted by molar-refractivity contribution is 6.78. The van der Waals surface area contributed by atoms with E-state index in [2.05, 4.69) is 71.6 Å². The molecule has 1 aliphatic heterocycles. The van der Waals surface area contributed by atoms with Crippen molar-refractivity contribution in [3.05, 3.63) is 35.9 Å². The van der Waals surface area contributed by atoms with Crippen LogP contribution in [0.5, 0.6) is 0 Å². The van der Waals surface area contributed by atoms with Gasteiger partial charge in [-0.2, -0.15) is 0 Å². The van der Waals surface area contributed by atoms with Gasteiger partial charge in [0.15, 0.2) is 5.60 Å². The molecule has 4 heteroatoms. The Morgan fingerprint density at radius 1 is 1.12 bits per heavy atom. The quantitative estimate of drug-likeness (QED) is 0.545. The van der Waals surface area contributed by atoms with Gasteiger partial charge in [0, 0.05) is 12.1 Å². The van der Waals surface area contributed by atoms with Crippen molar-refractivity contribution < 1.29 is 9.53 Å². The Balaban J connectivity index is 2.23. The summed E-state index contributed by atoms with van der Waals surface area (Å²) in [4.78, 5) is 15.4. The maximum Gasteiger partial charge on any atom is 0.257 e. The number of amides is 1. The predicted octanol–water partition coefficient (Wildman–Crippen LogP) is 4.28. The van der Waals surface area contributed by atoms with Gasteiger partial charge in [-0.05, 0) is 46.1 Å². The molecule has 0 N–H and O–H groups in total. The van der Waals surface area contributed by atoms with Gasteiger partial charge in [-0.1, -0.05) is 50.0 Å². The normalized spacial score (nSPS) is 23.6. The lowest BCUT2D eigenvalue weighted by molar-refractivity contribution is -0.140. The highest BCUT2D eigenvalue weighted by atomic mass is 28.3. The second-order valence-corrected chi connectivity index (χ2v) is 13.9. The van der Waals surface area contributed by atoms with E-state index >= 15 is 0 Å². The van der Waals surface area contributed by atoms with Crippen LogP contribution in [0, 0.1) is 0 Å². The molecule has 0 unspecified atom stereocenters. The van der Waals surface area contributed by atoms with Gasteiger partial charge >= 0.3 is 0 Å². The van der Waals surface area contributed by atoms with Gasteiger partial charge in [-0.15, -0.1) is 0 Å². The molecule has 24 heavy (non-hydrogen) atoms. The Kier molecular flexibility index (Phi) is 5.60. The Hall–Kier alpha value is -1.13. The highest BCUT2D eigenvalue weighted by Crippen LogP contribution is 2.47. The fourth-order valence-electron chi connectivity index (χ4n) is 3.77. The largest absolute Gasteiger partial charge is 0.359 e. The van der Waals surface area contributed by atoms with Crippen molar-refractivity contribution in [3.63, 3.8) is 0 Å². The van der Waals surface area contributed by atoms with E-state index in [0.717, 1.165) is 12.8 Å². The summed E-state index contributed by atoms with van der Waals surface area (Å²) in [5.41, 5.74) is 0.797. The molecule has 1 aromatic carbocycles. The monoisotopic (exact) mass is 347 g/mol. The lowest BCUT2D eigenvalue weighted by atomic mass is 9.97. The third kappa shape index (κ3) is 3.91. The van der Waals surface area contributed by atoms with Crippen molar-refractivity contribution >= 4 is 14.0 Å². The highest BCUT2D eigenvalue weighted by Gasteiger charge is 2.67. The third-order valence-electron chi connectivity index (χ3n) is 4.82. The average molecular weight is 348 g/mol. The molecule has 1 saturated heterocycles. The van der Waals surface area contributed by atoms with Crippen molar-refractivity contribution in [2.75, 3.05) is 0 Å². The zero-order valence-corrected chi connectivity index (χ0v) is 17.3. The van der Waals surface area contributed by atoms with Crippen molar-refractivity contribution in [2.45, 2.75) is 83.6 Å². The van der Waals surface area contributed by atoms with Gasteiger partial charge in [0.05, 0.1) is 13.8 Å². The topological polar surface area (TPSA) is 32.8 Å². The molecule has 0 spiro atoms. The van der Waals surface area contributed by atoms with E-state index in [1.165, 1.54) is 5.56 Å². The van der Waals surface area contributed by atoms with Crippen molar-refractivity contribution in [3.8, 4) is 0 Å². The minimum atomic E-state index is -1.54. The fourth-order valence-corrected chi connectivity index (χ4v) is 6.00. The molecule has 2 rings (SSSR count). The number of hydrogen-bond acceptors (Lipinski definition) is 2. The minimum Gasteiger partial charge on any atom is -0.359 e. The van der Waals surface area contributed by atoms with Crippen LogP contribution in [0.25, 0.3) is 0 Å². The van der Waals surface area contributed by atoms with Crippen LogP contribution < -0.4 is 0 Å². The van der Waals surface area contributed by atoms with E-state index in [-0.39, 0.29) is 23.7 Å². The van der Waals surface area contributed by atoms with E-state index in [1.807, 2.05) is 11.0 Å². The summed E-state index contributed by atoms with van der Waals surface area (Å²) in [6, 6.07) is 10.8. The predicted molar refractivity (Wildman–Crippen MR) is 103 cm³/mol. The first-order valence-corrected chi connectivity index (χ1v) is 12.7. The van der Waals surface area contributed by atoms with Crippen LogP contribution in [0.1, 0.15) is 39.7 Å². The molecule has 1 heterocycles. The molecule has 1 fully saturated rings. The molecule has 0 aromatic heterocycles. The van der Waals surface area contributed by atoms with Crippen molar-refractivity contribution in [1.29, 1.82) is 0 Å². The Bertz CT molecular complexity index is 557. The van der Waals surface area contributed by atoms with E-state index < -0.39 is 13.7 Å². The molecule has 134 valence electrons. The number of aryl methyl sites for hydroxylation is 1. The van der Waals surface area contributed by atoms with Gasteiger partial charge in [-0.3, -0.25) is 4.79 Å². The van der Waals surface area contributed by atoms with E-state index in [9.17, 15) is 4.79 Å². The van der Waals surface area contributed by atoms with Crippen LogP contribution >= 0.6 is 0 Å². The van der Waals surface area contributed by atoms with Crippen LogP contribution in [0.4, 0.5) is 0 Å². The molecule has 2 atom stereocenters. The van der Waals surface area contributed by atoms with Gasteiger partial charge < -0.3 is 9.64 Å². The van der Waals surface area contributed by atoms with Gasteiger partial charge in [-0.25, -0.2) is 0 Å². The number of rotatable bonds is 7. The number of ether oxygens (including phenoxy) is 1. The van der Waals surface area contributed by atoms with Crippen LogP contribution in [0.3, 0.4) is 0 Å². The van der Waals surface area contributed by atoms with Gasteiger partial charge in [0.1, 0.15) is 0 Å². The summed E-state index contributed by atoms with van der Waals surface area (Å²) in [5, 5.41) is 0. The number of hydrogen-bond donors (Lipinski definition) is 0. The lowest BCUT2D eigenvalue weighted by Crippen LogP contribution is -2.52. The molecule has 3 nitrogen and oxygen atoms in total. The van der Waals surface area contributed by atoms with E-state index in [0.29, 0.717) is 0 Å². The second kappa shape index (κ2) is 7.01. The number of carbonyl (C=O) groups excluding carboxylic acids is 1. The smallest absolute Gasteiger partial charge is 0.257 e. The summed E-state index contributed by atoms with van der Waals surface area (Å²) in [7, 11) is -1.54. The standard InChI is InChI=1S/C20H33NO2Si/c1-15(2)21(16(3)4)18(22)20(19(23-20)24(5,6)7)14-13-17-11-9-8-10-12-17/h8-12,15-16,19H,13-14H2,1-7H3/t19-,20+/m0/s1. The summed E-state index contributed by atoms with van der Waals surface area (Å²) < 4.78 is 6.20. The molecule has 0 saturated carbocycles. The number of epoxide rings is 1. The molecular formula is C20H33NO2Si. The Morgan fingerprint density at radius 2 is 1.67 bits per heavy atom. The average Bonchev–Trinajstić information content (AvgIpc) is 3.22. The first kappa shape index (κ1) is 19.2. The molecule has 1 amide bonds. The maximum atomic E-state index is 13.4. The van der Waals surface area contributed by atoms with Gasteiger partial charge in [0.2, 0.25) is 0 Å². The summed E-state index contributed by atoms with van der Waals surface area (Å²) in [6.07, 6.45) is 1.66. The zero-order valence-electron chi connectivity index (χ0n) is 16.3. The SMILES string of the molecule is CC(C)N(C(=O)[C@@]1(CCc2ccccc2)O[C@H]1[Si](C)(C)C)C(C)C. The number of benzene rings is 1. The molecule has 1 aromatic rings. The number of carbonyl (C=O) groups is 1. The first-order chi connectivity index (χ1) is 11.1. The van der Waals surface area contributed by atoms with Crippen molar-refractivity contribution in [1.82, 2.24) is 4.90 Å². The fraction of sp³-hybridized carbons (Fsp3) is 0.650. The van der Waals surface area contributed by atoms with Crippen LogP contribution in [-0.2, 0) is 16.0 Å². The maximum absolute atomic E-state index is 13.4.